The van der Waals surface area contributed by atoms with Crippen LogP contribution in [0.25, 0.3) is 0 Å². The van der Waals surface area contributed by atoms with Gasteiger partial charge in [-0.3, -0.25) is 0 Å². The zero-order valence-electron chi connectivity index (χ0n) is 9.80. The third kappa shape index (κ3) is 9.07. The number of rotatable bonds is 5. The van der Waals surface area contributed by atoms with Gasteiger partial charge in [0.05, 0.1) is 13.2 Å². The molecule has 0 saturated heterocycles. The van der Waals surface area contributed by atoms with Gasteiger partial charge in [-0.05, 0) is 27.4 Å². The second-order valence-corrected chi connectivity index (χ2v) is 3.17. The highest BCUT2D eigenvalue weighted by Gasteiger charge is 2.02. The first-order valence-corrected chi connectivity index (χ1v) is 4.96. The second kappa shape index (κ2) is 8.78. The summed E-state index contributed by atoms with van der Waals surface area (Å²) in [5, 5.41) is 6.04. The van der Waals surface area contributed by atoms with Gasteiger partial charge in [0.25, 0.3) is 0 Å². The van der Waals surface area contributed by atoms with Gasteiger partial charge in [0, 0.05) is 6.54 Å². The van der Waals surface area contributed by atoms with E-state index in [1.807, 2.05) is 19.0 Å². The average molecular weight is 231 g/mol. The van der Waals surface area contributed by atoms with Crippen LogP contribution in [0.5, 0.6) is 0 Å². The molecule has 0 aromatic heterocycles. The lowest BCUT2D eigenvalue weighted by molar-refractivity contribution is 0.145. The zero-order valence-corrected chi connectivity index (χ0v) is 9.80. The molecule has 0 aliphatic rings. The van der Waals surface area contributed by atoms with Crippen LogP contribution < -0.4 is 0 Å². The predicted molar refractivity (Wildman–Crippen MR) is 56.4 cm³/mol. The molecule has 16 heavy (non-hydrogen) atoms. The van der Waals surface area contributed by atoms with Crippen molar-refractivity contribution in [3.05, 3.63) is 0 Å². The van der Waals surface area contributed by atoms with Crippen LogP contribution >= 0.6 is 0 Å². The van der Waals surface area contributed by atoms with Crippen LogP contribution in [-0.2, 0) is 9.47 Å². The summed E-state index contributed by atoms with van der Waals surface area (Å²) in [5.74, 6) is 0. The largest absolute Gasteiger partial charge is 0.452 e. The highest BCUT2D eigenvalue weighted by Crippen LogP contribution is 1.92. The molecule has 0 atom stereocenters. The van der Waals surface area contributed by atoms with Crippen molar-refractivity contribution >= 4 is 12.2 Å². The number of hydrogen-bond acceptors (Lipinski definition) is 5. The first-order chi connectivity index (χ1) is 7.56. The van der Waals surface area contributed by atoms with Gasteiger partial charge >= 0.3 is 12.2 Å². The van der Waals surface area contributed by atoms with Gasteiger partial charge in [0.1, 0.15) is 0 Å². The molecule has 0 aromatic rings. The fourth-order valence-electron chi connectivity index (χ4n) is 0.803. The smallest absolute Gasteiger partial charge is 0.447 e. The molecule has 92 valence electrons. The Labute approximate surface area is 94.4 Å². The molecule has 0 aromatic carbocycles. The first kappa shape index (κ1) is 14.5. The third-order valence-corrected chi connectivity index (χ3v) is 1.46. The predicted octanol–water partition coefficient (Wildman–Crippen LogP) is 1.68. The summed E-state index contributed by atoms with van der Waals surface area (Å²) in [6, 6.07) is 0. The SMILES string of the molecule is CCOC(=O)N=NC(=O)OCCCN(C)C. The van der Waals surface area contributed by atoms with Gasteiger partial charge in [-0.25, -0.2) is 9.59 Å². The Hall–Kier alpha value is -1.50. The van der Waals surface area contributed by atoms with Gasteiger partial charge in [-0.2, -0.15) is 0 Å². The van der Waals surface area contributed by atoms with E-state index in [4.69, 9.17) is 0 Å². The molecule has 0 radical (unpaired) electrons. The van der Waals surface area contributed by atoms with Gasteiger partial charge in [-0.15, -0.1) is 0 Å². The monoisotopic (exact) mass is 231 g/mol. The van der Waals surface area contributed by atoms with Gasteiger partial charge < -0.3 is 14.4 Å². The summed E-state index contributed by atoms with van der Waals surface area (Å²) in [7, 11) is 3.84. The molecule has 2 amide bonds. The molecule has 7 heteroatoms. The van der Waals surface area contributed by atoms with Gasteiger partial charge in [0.15, 0.2) is 0 Å². The van der Waals surface area contributed by atoms with Crippen LogP contribution in [0, 0.1) is 0 Å². The summed E-state index contributed by atoms with van der Waals surface area (Å²) in [5.41, 5.74) is 0. The Morgan fingerprint density at radius 2 is 1.69 bits per heavy atom. The van der Waals surface area contributed by atoms with Crippen molar-refractivity contribution in [1.29, 1.82) is 0 Å². The van der Waals surface area contributed by atoms with E-state index in [-0.39, 0.29) is 13.2 Å². The maximum atomic E-state index is 10.9. The molecule has 0 spiro atoms. The van der Waals surface area contributed by atoms with E-state index in [9.17, 15) is 9.59 Å². The number of amides is 2. The maximum absolute atomic E-state index is 10.9. The van der Waals surface area contributed by atoms with E-state index in [0.717, 1.165) is 6.54 Å². The minimum Gasteiger partial charge on any atom is -0.447 e. The van der Waals surface area contributed by atoms with Crippen molar-refractivity contribution in [2.45, 2.75) is 13.3 Å². The average Bonchev–Trinajstić information content (AvgIpc) is 2.22. The molecule has 0 N–H and O–H groups in total. The van der Waals surface area contributed by atoms with E-state index in [2.05, 4.69) is 19.7 Å². The van der Waals surface area contributed by atoms with Crippen LogP contribution in [-0.4, -0.2) is 50.9 Å². The highest BCUT2D eigenvalue weighted by atomic mass is 16.6. The molecule has 0 rings (SSSR count). The topological polar surface area (TPSA) is 80.6 Å². The Morgan fingerprint density at radius 3 is 2.19 bits per heavy atom. The molecule has 7 nitrogen and oxygen atoms in total. The van der Waals surface area contributed by atoms with Crippen molar-refractivity contribution in [3.8, 4) is 0 Å². The highest BCUT2D eigenvalue weighted by molar-refractivity contribution is 5.73. The lowest BCUT2D eigenvalue weighted by Crippen LogP contribution is -2.15. The normalized spacial score (nSPS) is 10.8. The lowest BCUT2D eigenvalue weighted by atomic mass is 10.4. The number of hydrogen-bond donors (Lipinski definition) is 0. The first-order valence-electron chi connectivity index (χ1n) is 4.96. The van der Waals surface area contributed by atoms with Crippen molar-refractivity contribution in [3.63, 3.8) is 0 Å². The fraction of sp³-hybridized carbons (Fsp3) is 0.778. The number of ether oxygens (including phenoxy) is 2. The van der Waals surface area contributed by atoms with Crippen LogP contribution in [0.1, 0.15) is 13.3 Å². The number of carbonyl (C=O) groups is 2. The van der Waals surface area contributed by atoms with E-state index in [1.165, 1.54) is 0 Å². The van der Waals surface area contributed by atoms with E-state index < -0.39 is 12.2 Å². The molecular weight excluding hydrogens is 214 g/mol. The Morgan fingerprint density at radius 1 is 1.12 bits per heavy atom. The van der Waals surface area contributed by atoms with Crippen LogP contribution in [0.3, 0.4) is 0 Å². The summed E-state index contributed by atoms with van der Waals surface area (Å²) >= 11 is 0. The van der Waals surface area contributed by atoms with E-state index in [0.29, 0.717) is 6.42 Å². The standard InChI is InChI=1S/C9H17N3O4/c1-4-15-8(13)10-11-9(14)16-7-5-6-12(2)3/h4-7H2,1-3H3. The minimum absolute atomic E-state index is 0.190. The molecule has 0 aliphatic carbocycles. The quantitative estimate of drug-likeness (QED) is 0.531. The molecule has 0 unspecified atom stereocenters. The zero-order chi connectivity index (χ0) is 12.4. The second-order valence-electron chi connectivity index (χ2n) is 3.17. The van der Waals surface area contributed by atoms with E-state index >= 15 is 0 Å². The van der Waals surface area contributed by atoms with Crippen LogP contribution in [0.15, 0.2) is 10.2 Å². The molecule has 0 bridgehead atoms. The summed E-state index contributed by atoms with van der Waals surface area (Å²) in [6.45, 7) is 2.88. The molecular formula is C9H17N3O4. The van der Waals surface area contributed by atoms with Crippen molar-refractivity contribution in [1.82, 2.24) is 4.90 Å². The summed E-state index contributed by atoms with van der Waals surface area (Å²) < 4.78 is 9.12. The Balaban J connectivity index is 3.62. The van der Waals surface area contributed by atoms with Crippen molar-refractivity contribution in [2.75, 3.05) is 33.9 Å². The fourth-order valence-corrected chi connectivity index (χ4v) is 0.803. The molecule has 0 heterocycles. The lowest BCUT2D eigenvalue weighted by Gasteiger charge is -2.07. The maximum Gasteiger partial charge on any atom is 0.452 e. The summed E-state index contributed by atoms with van der Waals surface area (Å²) in [6.07, 6.45) is -1.08. The number of nitrogens with zero attached hydrogens (tertiary/aromatic N) is 3. The van der Waals surface area contributed by atoms with Crippen LogP contribution in [0.4, 0.5) is 9.59 Å². The van der Waals surface area contributed by atoms with Gasteiger partial charge in [-0.1, -0.05) is 10.2 Å². The number of carbonyl (C=O) groups excluding carboxylic acids is 2. The van der Waals surface area contributed by atoms with E-state index in [1.54, 1.807) is 6.92 Å². The minimum atomic E-state index is -0.896. The summed E-state index contributed by atoms with van der Waals surface area (Å²) in [4.78, 5) is 23.5. The van der Waals surface area contributed by atoms with Crippen molar-refractivity contribution < 1.29 is 19.1 Å². The molecule has 0 saturated carbocycles. The Bertz CT molecular complexity index is 253. The Kier molecular flexibility index (Phi) is 7.96. The number of azo groups is 1. The molecule has 0 aliphatic heterocycles. The van der Waals surface area contributed by atoms with Crippen molar-refractivity contribution in [2.24, 2.45) is 10.2 Å². The third-order valence-electron chi connectivity index (χ3n) is 1.46. The van der Waals surface area contributed by atoms with Crippen LogP contribution in [0.2, 0.25) is 0 Å². The molecule has 0 fully saturated rings. The van der Waals surface area contributed by atoms with Gasteiger partial charge in [0.2, 0.25) is 0 Å².